The van der Waals surface area contributed by atoms with Gasteiger partial charge in [-0.05, 0) is 11.8 Å². The van der Waals surface area contributed by atoms with Crippen LogP contribution in [0, 0.1) is 0 Å². The third-order valence-electron chi connectivity index (χ3n) is 1.02. The molecule has 0 amide bonds. The number of thiazole rings is 1. The van der Waals surface area contributed by atoms with E-state index in [1.807, 2.05) is 0 Å². The molecule has 0 atom stereocenters. The molecule has 7 heteroatoms. The molecule has 2 aromatic heterocycles. The maximum Gasteiger partial charge on any atom is 0.181 e. The second-order valence-corrected chi connectivity index (χ2v) is 5.23. The van der Waals surface area contributed by atoms with E-state index in [-0.39, 0.29) is 0 Å². The molecule has 0 saturated carbocycles. The summed E-state index contributed by atoms with van der Waals surface area (Å²) >= 11 is 4.44. The van der Waals surface area contributed by atoms with Crippen molar-refractivity contribution in [2.75, 3.05) is 5.73 Å². The van der Waals surface area contributed by atoms with Gasteiger partial charge in [0, 0.05) is 0 Å². The largest absolute Gasteiger partial charge is 0.389 e. The molecule has 2 heterocycles. The Bertz CT molecular complexity index is 354. The molecule has 0 unspecified atom stereocenters. The Labute approximate surface area is 80.9 Å². The van der Waals surface area contributed by atoms with Gasteiger partial charge in [0.25, 0.3) is 0 Å². The maximum atomic E-state index is 5.52. The fourth-order valence-electron chi connectivity index (χ4n) is 0.599. The third kappa shape index (κ3) is 1.74. The van der Waals surface area contributed by atoms with Gasteiger partial charge in [0.05, 0.1) is 6.20 Å². The van der Waals surface area contributed by atoms with Crippen molar-refractivity contribution in [2.45, 2.75) is 8.68 Å². The van der Waals surface area contributed by atoms with Crippen LogP contribution in [0.5, 0.6) is 0 Å². The predicted octanol–water partition coefficient (Wildman–Crippen LogP) is 1.73. The minimum Gasteiger partial charge on any atom is -0.389 e. The van der Waals surface area contributed by atoms with E-state index in [1.54, 1.807) is 11.7 Å². The molecule has 2 rings (SSSR count). The number of hydrogen-bond acceptors (Lipinski definition) is 7. The Morgan fingerprint density at radius 3 is 2.92 bits per heavy atom. The summed E-state index contributed by atoms with van der Waals surface area (Å²) in [4.78, 5) is 4.09. The third-order valence-corrected chi connectivity index (χ3v) is 3.70. The Morgan fingerprint density at radius 2 is 2.33 bits per heavy atom. The first-order valence-electron chi connectivity index (χ1n) is 3.00. The molecule has 0 spiro atoms. The van der Waals surface area contributed by atoms with E-state index in [9.17, 15) is 0 Å². The number of aromatic nitrogens is 3. The smallest absolute Gasteiger partial charge is 0.181 e. The quantitative estimate of drug-likeness (QED) is 0.828. The van der Waals surface area contributed by atoms with E-state index < -0.39 is 0 Å². The standard InChI is InChI=1S/C5H4N4S3/c6-3-1-7-4(11-3)12-5-9-8-2-10-5/h1-2H,6H2. The fraction of sp³-hybridized carbons (Fsp3) is 0. The number of nitrogen functional groups attached to an aromatic ring is 1. The highest BCUT2D eigenvalue weighted by Gasteiger charge is 2.03. The lowest BCUT2D eigenvalue weighted by Gasteiger charge is -1.85. The minimum atomic E-state index is 0.724. The first-order valence-corrected chi connectivity index (χ1v) is 5.51. The van der Waals surface area contributed by atoms with E-state index in [0.717, 1.165) is 13.7 Å². The summed E-state index contributed by atoms with van der Waals surface area (Å²) in [5, 5.41) is 8.32. The van der Waals surface area contributed by atoms with Crippen LogP contribution in [0.2, 0.25) is 0 Å². The van der Waals surface area contributed by atoms with Crippen molar-refractivity contribution in [3.05, 3.63) is 11.7 Å². The molecule has 0 bridgehead atoms. The molecule has 0 aliphatic rings. The predicted molar refractivity (Wildman–Crippen MR) is 50.6 cm³/mol. The Balaban J connectivity index is 2.14. The molecule has 0 aliphatic carbocycles. The van der Waals surface area contributed by atoms with Gasteiger partial charge < -0.3 is 5.73 Å². The van der Waals surface area contributed by atoms with Crippen molar-refractivity contribution in [2.24, 2.45) is 0 Å². The van der Waals surface area contributed by atoms with E-state index in [1.165, 1.54) is 34.4 Å². The van der Waals surface area contributed by atoms with Crippen LogP contribution in [0.25, 0.3) is 0 Å². The molecule has 4 nitrogen and oxygen atoms in total. The molecule has 2 N–H and O–H groups in total. The van der Waals surface area contributed by atoms with Gasteiger partial charge in [-0.15, -0.1) is 10.2 Å². The molecule has 0 fully saturated rings. The van der Waals surface area contributed by atoms with E-state index in [2.05, 4.69) is 15.2 Å². The van der Waals surface area contributed by atoms with Crippen molar-refractivity contribution in [1.82, 2.24) is 15.2 Å². The maximum absolute atomic E-state index is 5.52. The Hall–Kier alpha value is -0.660. The van der Waals surface area contributed by atoms with Gasteiger partial charge in [0.15, 0.2) is 8.68 Å². The van der Waals surface area contributed by atoms with Crippen molar-refractivity contribution in [3.63, 3.8) is 0 Å². The van der Waals surface area contributed by atoms with Crippen LogP contribution in [-0.2, 0) is 0 Å². The van der Waals surface area contributed by atoms with Gasteiger partial charge in [-0.1, -0.05) is 22.7 Å². The minimum absolute atomic E-state index is 0.724. The Kier molecular flexibility index (Phi) is 2.24. The highest BCUT2D eigenvalue weighted by Crippen LogP contribution is 2.32. The van der Waals surface area contributed by atoms with Crippen LogP contribution in [0.4, 0.5) is 5.00 Å². The molecular weight excluding hydrogens is 212 g/mol. The number of anilines is 1. The molecule has 0 saturated heterocycles. The van der Waals surface area contributed by atoms with Crippen LogP contribution in [0.15, 0.2) is 20.4 Å². The van der Waals surface area contributed by atoms with Gasteiger partial charge in [0.2, 0.25) is 0 Å². The lowest BCUT2D eigenvalue weighted by molar-refractivity contribution is 1.01. The summed E-state index contributed by atoms with van der Waals surface area (Å²) in [6, 6.07) is 0. The van der Waals surface area contributed by atoms with Gasteiger partial charge >= 0.3 is 0 Å². The van der Waals surface area contributed by atoms with Crippen LogP contribution < -0.4 is 5.73 Å². The lowest BCUT2D eigenvalue weighted by atomic mass is 10.9. The first-order chi connectivity index (χ1) is 5.84. The fourth-order valence-corrected chi connectivity index (χ4v) is 3.04. The second kappa shape index (κ2) is 3.38. The van der Waals surface area contributed by atoms with Crippen molar-refractivity contribution < 1.29 is 0 Å². The summed E-state index contributed by atoms with van der Waals surface area (Å²) < 4.78 is 1.80. The van der Waals surface area contributed by atoms with Crippen LogP contribution in [0.3, 0.4) is 0 Å². The molecule has 0 radical (unpaired) electrons. The summed E-state index contributed by atoms with van der Waals surface area (Å²) in [5.74, 6) is 0. The first kappa shape index (κ1) is 7.96. The summed E-state index contributed by atoms with van der Waals surface area (Å²) in [5.41, 5.74) is 7.21. The molecule has 0 aliphatic heterocycles. The summed E-state index contributed by atoms with van der Waals surface area (Å²) in [7, 11) is 0. The van der Waals surface area contributed by atoms with Crippen LogP contribution in [-0.4, -0.2) is 15.2 Å². The number of nitrogens with two attached hydrogens (primary N) is 1. The van der Waals surface area contributed by atoms with E-state index in [0.29, 0.717) is 0 Å². The molecule has 0 aromatic carbocycles. The van der Waals surface area contributed by atoms with Gasteiger partial charge in [-0.25, -0.2) is 4.98 Å². The number of hydrogen-bond donors (Lipinski definition) is 1. The van der Waals surface area contributed by atoms with Crippen molar-refractivity contribution in [1.29, 1.82) is 0 Å². The zero-order valence-electron chi connectivity index (χ0n) is 5.80. The number of nitrogens with zero attached hydrogens (tertiary/aromatic N) is 3. The van der Waals surface area contributed by atoms with Gasteiger partial charge in [-0.2, -0.15) is 0 Å². The second-order valence-electron chi connectivity index (χ2n) is 1.84. The number of rotatable bonds is 2. The normalized spacial score (nSPS) is 10.3. The van der Waals surface area contributed by atoms with Crippen molar-refractivity contribution >= 4 is 39.4 Å². The van der Waals surface area contributed by atoms with Gasteiger partial charge in [0.1, 0.15) is 10.5 Å². The van der Waals surface area contributed by atoms with Gasteiger partial charge in [-0.3, -0.25) is 0 Å². The molecule has 12 heavy (non-hydrogen) atoms. The molecular formula is C5H4N4S3. The lowest BCUT2D eigenvalue weighted by Crippen LogP contribution is -1.73. The SMILES string of the molecule is Nc1cnc(Sc2nncs2)s1. The topological polar surface area (TPSA) is 64.7 Å². The molecule has 62 valence electrons. The summed E-state index contributed by atoms with van der Waals surface area (Å²) in [6.07, 6.45) is 1.65. The summed E-state index contributed by atoms with van der Waals surface area (Å²) in [6.45, 7) is 0. The molecule has 2 aromatic rings. The average Bonchev–Trinajstić information content (AvgIpc) is 2.63. The zero-order valence-corrected chi connectivity index (χ0v) is 8.25. The zero-order chi connectivity index (χ0) is 8.39. The highest BCUT2D eigenvalue weighted by molar-refractivity contribution is 8.02. The Morgan fingerprint density at radius 1 is 1.42 bits per heavy atom. The monoisotopic (exact) mass is 216 g/mol. The van der Waals surface area contributed by atoms with E-state index >= 15 is 0 Å². The van der Waals surface area contributed by atoms with Crippen LogP contribution in [0.1, 0.15) is 0 Å². The van der Waals surface area contributed by atoms with Crippen molar-refractivity contribution in [3.8, 4) is 0 Å². The van der Waals surface area contributed by atoms with E-state index in [4.69, 9.17) is 5.73 Å². The average molecular weight is 216 g/mol. The van der Waals surface area contributed by atoms with Crippen LogP contribution >= 0.6 is 34.4 Å². The highest BCUT2D eigenvalue weighted by atomic mass is 32.2.